The largest absolute Gasteiger partial charge is 0.382 e. The molecule has 1 heteroatoms. The molecule has 0 heterocycles. The highest BCUT2D eigenvalue weighted by atomic mass is 14.9. The van der Waals surface area contributed by atoms with Crippen molar-refractivity contribution in [3.05, 3.63) is 29.3 Å². The first-order chi connectivity index (χ1) is 8.56. The summed E-state index contributed by atoms with van der Waals surface area (Å²) in [5.41, 5.74) is 4.06. The lowest BCUT2D eigenvalue weighted by molar-refractivity contribution is 0.267. The summed E-state index contributed by atoms with van der Waals surface area (Å²) in [5, 5.41) is 3.71. The molecule has 1 fully saturated rings. The Bertz CT molecular complexity index is 387. The van der Waals surface area contributed by atoms with Crippen molar-refractivity contribution in [2.75, 3.05) is 5.32 Å². The monoisotopic (exact) mass is 245 g/mol. The maximum atomic E-state index is 3.71. The normalized spacial score (nSPS) is 24.3. The van der Waals surface area contributed by atoms with Crippen molar-refractivity contribution in [1.29, 1.82) is 0 Å². The topological polar surface area (TPSA) is 12.0 Å². The van der Waals surface area contributed by atoms with E-state index in [0.717, 1.165) is 11.8 Å². The van der Waals surface area contributed by atoms with Gasteiger partial charge in [-0.15, -0.1) is 0 Å². The zero-order chi connectivity index (χ0) is 13.1. The van der Waals surface area contributed by atoms with Gasteiger partial charge in [0, 0.05) is 11.7 Å². The summed E-state index contributed by atoms with van der Waals surface area (Å²) in [6.07, 6.45) is 5.44. The molecule has 1 aliphatic carbocycles. The van der Waals surface area contributed by atoms with Crippen LogP contribution < -0.4 is 5.32 Å². The molecule has 1 nitrogen and oxygen atoms in total. The van der Waals surface area contributed by atoms with Crippen LogP contribution in [0.15, 0.2) is 18.2 Å². The first-order valence-corrected chi connectivity index (χ1v) is 7.40. The van der Waals surface area contributed by atoms with Crippen LogP contribution in [0.5, 0.6) is 0 Å². The van der Waals surface area contributed by atoms with Crippen molar-refractivity contribution in [3.8, 4) is 0 Å². The minimum absolute atomic E-state index is 0.683. The molecule has 0 saturated heterocycles. The van der Waals surface area contributed by atoms with Gasteiger partial charge in [-0.3, -0.25) is 0 Å². The summed E-state index contributed by atoms with van der Waals surface area (Å²) in [6.45, 7) is 9.09. The fraction of sp³-hybridized carbons (Fsp3) is 0.647. The Morgan fingerprint density at radius 2 is 1.67 bits per heavy atom. The lowest BCUT2D eigenvalue weighted by Crippen LogP contribution is -2.27. The van der Waals surface area contributed by atoms with Gasteiger partial charge in [0.05, 0.1) is 0 Å². The summed E-state index contributed by atoms with van der Waals surface area (Å²) in [6, 6.07) is 7.40. The van der Waals surface area contributed by atoms with E-state index in [2.05, 4.69) is 51.2 Å². The summed E-state index contributed by atoms with van der Waals surface area (Å²) < 4.78 is 0. The third-order valence-corrected chi connectivity index (χ3v) is 4.59. The summed E-state index contributed by atoms with van der Waals surface area (Å²) in [4.78, 5) is 0. The minimum atomic E-state index is 0.683. The lowest BCUT2D eigenvalue weighted by atomic mass is 9.79. The van der Waals surface area contributed by atoms with Crippen LogP contribution in [0.2, 0.25) is 0 Å². The number of benzene rings is 1. The van der Waals surface area contributed by atoms with Crippen LogP contribution in [0.4, 0.5) is 5.69 Å². The maximum Gasteiger partial charge on any atom is 0.0345 e. The molecule has 0 aliphatic heterocycles. The fourth-order valence-electron chi connectivity index (χ4n) is 3.00. The van der Waals surface area contributed by atoms with E-state index < -0.39 is 0 Å². The zero-order valence-electron chi connectivity index (χ0n) is 12.3. The van der Waals surface area contributed by atoms with Gasteiger partial charge in [0.25, 0.3) is 0 Å². The van der Waals surface area contributed by atoms with Crippen LogP contribution in [0, 0.1) is 25.7 Å². The van der Waals surface area contributed by atoms with Gasteiger partial charge < -0.3 is 5.32 Å². The van der Waals surface area contributed by atoms with Crippen molar-refractivity contribution < 1.29 is 0 Å². The number of hydrogen-bond donors (Lipinski definition) is 1. The average molecular weight is 245 g/mol. The van der Waals surface area contributed by atoms with Gasteiger partial charge in [-0.05, 0) is 74.6 Å². The Morgan fingerprint density at radius 1 is 1.00 bits per heavy atom. The van der Waals surface area contributed by atoms with Gasteiger partial charge in [0.15, 0.2) is 0 Å². The highest BCUT2D eigenvalue weighted by Gasteiger charge is 2.22. The summed E-state index contributed by atoms with van der Waals surface area (Å²) in [5.74, 6) is 1.80. The van der Waals surface area contributed by atoms with E-state index in [1.807, 2.05) is 0 Å². The molecule has 1 aromatic carbocycles. The van der Waals surface area contributed by atoms with E-state index in [-0.39, 0.29) is 0 Å². The van der Waals surface area contributed by atoms with Crippen molar-refractivity contribution in [3.63, 3.8) is 0 Å². The van der Waals surface area contributed by atoms with E-state index in [0.29, 0.717) is 6.04 Å². The van der Waals surface area contributed by atoms with Crippen LogP contribution in [0.3, 0.4) is 0 Å². The Hall–Kier alpha value is -0.980. The molecule has 0 bridgehead atoms. The SMILES string of the molecule is Cc1ccc(NC2CCC(C(C)C)CC2)cc1C. The van der Waals surface area contributed by atoms with Crippen molar-refractivity contribution >= 4 is 5.69 Å². The van der Waals surface area contributed by atoms with E-state index in [4.69, 9.17) is 0 Å². The molecule has 0 unspecified atom stereocenters. The van der Waals surface area contributed by atoms with Crippen molar-refractivity contribution in [2.45, 2.75) is 59.4 Å². The molecule has 1 N–H and O–H groups in total. The Kier molecular flexibility index (Phi) is 4.31. The first-order valence-electron chi connectivity index (χ1n) is 7.40. The third kappa shape index (κ3) is 3.28. The molecule has 18 heavy (non-hydrogen) atoms. The van der Waals surface area contributed by atoms with Crippen molar-refractivity contribution in [1.82, 2.24) is 0 Å². The van der Waals surface area contributed by atoms with Crippen LogP contribution in [-0.2, 0) is 0 Å². The van der Waals surface area contributed by atoms with Gasteiger partial charge >= 0.3 is 0 Å². The Balaban J connectivity index is 1.89. The molecule has 0 radical (unpaired) electrons. The van der Waals surface area contributed by atoms with Gasteiger partial charge in [0.2, 0.25) is 0 Å². The summed E-state index contributed by atoms with van der Waals surface area (Å²) >= 11 is 0. The van der Waals surface area contributed by atoms with E-state index in [9.17, 15) is 0 Å². The Labute approximate surface area is 112 Å². The lowest BCUT2D eigenvalue weighted by Gasteiger charge is -2.32. The predicted molar refractivity (Wildman–Crippen MR) is 80.1 cm³/mol. The second-order valence-electron chi connectivity index (χ2n) is 6.30. The minimum Gasteiger partial charge on any atom is -0.382 e. The first kappa shape index (κ1) is 13.5. The number of anilines is 1. The van der Waals surface area contributed by atoms with Gasteiger partial charge in [-0.25, -0.2) is 0 Å². The molecule has 0 atom stereocenters. The molecule has 0 amide bonds. The number of nitrogens with one attached hydrogen (secondary N) is 1. The number of hydrogen-bond acceptors (Lipinski definition) is 1. The predicted octanol–water partition coefficient (Wildman–Crippen LogP) is 4.93. The van der Waals surface area contributed by atoms with E-state index in [1.54, 1.807) is 0 Å². The third-order valence-electron chi connectivity index (χ3n) is 4.59. The molecular formula is C17H27N. The Morgan fingerprint density at radius 3 is 2.22 bits per heavy atom. The van der Waals surface area contributed by atoms with Crippen LogP contribution in [-0.4, -0.2) is 6.04 Å². The highest BCUT2D eigenvalue weighted by molar-refractivity contribution is 5.48. The smallest absolute Gasteiger partial charge is 0.0345 e. The highest BCUT2D eigenvalue weighted by Crippen LogP contribution is 2.31. The number of aryl methyl sites for hydroxylation is 2. The molecule has 1 aliphatic rings. The molecule has 1 saturated carbocycles. The second-order valence-corrected chi connectivity index (χ2v) is 6.30. The summed E-state index contributed by atoms with van der Waals surface area (Å²) in [7, 11) is 0. The average Bonchev–Trinajstić information content (AvgIpc) is 2.34. The maximum absolute atomic E-state index is 3.71. The zero-order valence-corrected chi connectivity index (χ0v) is 12.3. The van der Waals surface area contributed by atoms with Gasteiger partial charge in [-0.1, -0.05) is 19.9 Å². The van der Waals surface area contributed by atoms with Crippen LogP contribution in [0.25, 0.3) is 0 Å². The molecule has 0 spiro atoms. The molecule has 2 rings (SSSR count). The molecule has 1 aromatic rings. The van der Waals surface area contributed by atoms with E-state index >= 15 is 0 Å². The quantitative estimate of drug-likeness (QED) is 0.796. The number of rotatable bonds is 3. The van der Waals surface area contributed by atoms with Crippen molar-refractivity contribution in [2.24, 2.45) is 11.8 Å². The van der Waals surface area contributed by atoms with Gasteiger partial charge in [0.1, 0.15) is 0 Å². The molecule has 100 valence electrons. The van der Waals surface area contributed by atoms with E-state index in [1.165, 1.54) is 42.5 Å². The fourth-order valence-corrected chi connectivity index (χ4v) is 3.00. The second kappa shape index (κ2) is 5.77. The molecular weight excluding hydrogens is 218 g/mol. The molecule has 0 aromatic heterocycles. The van der Waals surface area contributed by atoms with Crippen LogP contribution in [0.1, 0.15) is 50.7 Å². The standard InChI is InChI=1S/C17H27N/c1-12(2)15-6-9-16(10-7-15)18-17-8-5-13(3)14(4)11-17/h5,8,11-12,15-16,18H,6-7,9-10H2,1-4H3. The van der Waals surface area contributed by atoms with Crippen LogP contribution >= 0.6 is 0 Å². The van der Waals surface area contributed by atoms with Gasteiger partial charge in [-0.2, -0.15) is 0 Å².